The molecule has 1 N–H and O–H groups in total. The fraction of sp³-hybridized carbons (Fsp3) is 0.227. The normalized spacial score (nSPS) is 10.5. The summed E-state index contributed by atoms with van der Waals surface area (Å²) in [6.07, 6.45) is 1.76. The van der Waals surface area contributed by atoms with Gasteiger partial charge in [-0.15, -0.1) is 16.8 Å². The second-order valence-corrected chi connectivity index (χ2v) is 7.36. The highest BCUT2D eigenvalue weighted by molar-refractivity contribution is 7.99. The maximum atomic E-state index is 12.3. The van der Waals surface area contributed by atoms with E-state index in [1.807, 2.05) is 54.0 Å². The lowest BCUT2D eigenvalue weighted by Gasteiger charge is -2.10. The number of nitrogens with zero attached hydrogens (tertiary/aromatic N) is 3. The van der Waals surface area contributed by atoms with E-state index in [-0.39, 0.29) is 18.3 Å². The summed E-state index contributed by atoms with van der Waals surface area (Å²) < 4.78 is 13.0. The molecule has 0 spiro atoms. The number of hydrogen-bond donors (Lipinski definition) is 1. The number of ether oxygens (including phenoxy) is 2. The van der Waals surface area contributed by atoms with E-state index in [0.717, 1.165) is 11.3 Å². The summed E-state index contributed by atoms with van der Waals surface area (Å²) in [4.78, 5) is 12.3. The molecule has 30 heavy (non-hydrogen) atoms. The second kappa shape index (κ2) is 10.5. The number of amides is 1. The minimum atomic E-state index is -0.140. The Kier molecular flexibility index (Phi) is 7.51. The zero-order chi connectivity index (χ0) is 21.3. The van der Waals surface area contributed by atoms with Crippen LogP contribution in [0.25, 0.3) is 0 Å². The number of aromatic nitrogens is 3. The molecule has 3 aromatic rings. The van der Waals surface area contributed by atoms with Crippen LogP contribution in [-0.2, 0) is 17.9 Å². The van der Waals surface area contributed by atoms with Gasteiger partial charge in [-0.1, -0.05) is 42.1 Å². The molecular formula is C22H24N4O3S. The van der Waals surface area contributed by atoms with Crippen molar-refractivity contribution >= 4 is 23.4 Å². The van der Waals surface area contributed by atoms with E-state index >= 15 is 0 Å². The average Bonchev–Trinajstić information content (AvgIpc) is 3.13. The van der Waals surface area contributed by atoms with Crippen molar-refractivity contribution in [1.29, 1.82) is 0 Å². The largest absolute Gasteiger partial charge is 0.497 e. The van der Waals surface area contributed by atoms with Gasteiger partial charge in [0.15, 0.2) is 11.0 Å². The number of carbonyl (C=O) groups is 1. The summed E-state index contributed by atoms with van der Waals surface area (Å²) in [6, 6.07) is 15.0. The predicted octanol–water partition coefficient (Wildman–Crippen LogP) is 4.09. The molecule has 1 amide bonds. The minimum absolute atomic E-state index is 0.140. The molecule has 0 aliphatic carbocycles. The summed E-state index contributed by atoms with van der Waals surface area (Å²) in [5.74, 6) is 2.22. The van der Waals surface area contributed by atoms with Gasteiger partial charge in [0.25, 0.3) is 0 Å². The van der Waals surface area contributed by atoms with Crippen molar-refractivity contribution in [3.05, 3.63) is 72.6 Å². The molecule has 156 valence electrons. The number of methoxy groups -OCH3 is 1. The highest BCUT2D eigenvalue weighted by atomic mass is 32.2. The van der Waals surface area contributed by atoms with Crippen LogP contribution in [0.3, 0.4) is 0 Å². The van der Waals surface area contributed by atoms with Crippen molar-refractivity contribution in [1.82, 2.24) is 14.8 Å². The number of carbonyl (C=O) groups excluding carboxylic acids is 1. The number of rotatable bonds is 10. The Morgan fingerprint density at radius 2 is 2.07 bits per heavy atom. The van der Waals surface area contributed by atoms with Gasteiger partial charge in [0.05, 0.1) is 12.9 Å². The maximum Gasteiger partial charge on any atom is 0.234 e. The quantitative estimate of drug-likeness (QED) is 0.390. The summed E-state index contributed by atoms with van der Waals surface area (Å²) in [5.41, 5.74) is 1.73. The van der Waals surface area contributed by atoms with E-state index in [9.17, 15) is 4.79 Å². The van der Waals surface area contributed by atoms with Gasteiger partial charge in [-0.3, -0.25) is 9.36 Å². The molecule has 0 atom stereocenters. The molecule has 0 aliphatic rings. The van der Waals surface area contributed by atoms with Gasteiger partial charge in [0, 0.05) is 18.3 Å². The van der Waals surface area contributed by atoms with Gasteiger partial charge in [-0.05, 0) is 30.7 Å². The van der Waals surface area contributed by atoms with Crippen molar-refractivity contribution in [2.24, 2.45) is 0 Å². The van der Waals surface area contributed by atoms with Crippen LogP contribution in [0.2, 0.25) is 0 Å². The Hall–Kier alpha value is -3.26. The Bertz CT molecular complexity index is 1020. The lowest BCUT2D eigenvalue weighted by atomic mass is 10.2. The third-order valence-corrected chi connectivity index (χ3v) is 5.21. The summed E-state index contributed by atoms with van der Waals surface area (Å²) in [6.45, 7) is 6.60. The molecule has 0 fully saturated rings. The molecule has 1 aromatic heterocycles. The van der Waals surface area contributed by atoms with Gasteiger partial charge < -0.3 is 14.8 Å². The van der Waals surface area contributed by atoms with Crippen molar-refractivity contribution in [3.63, 3.8) is 0 Å². The van der Waals surface area contributed by atoms with Crippen LogP contribution < -0.4 is 14.8 Å². The fourth-order valence-electron chi connectivity index (χ4n) is 2.73. The third-order valence-electron chi connectivity index (χ3n) is 4.24. The van der Waals surface area contributed by atoms with E-state index in [1.165, 1.54) is 11.8 Å². The molecule has 3 rings (SSSR count). The first-order valence-electron chi connectivity index (χ1n) is 9.39. The van der Waals surface area contributed by atoms with Crippen molar-refractivity contribution in [2.45, 2.75) is 25.2 Å². The van der Waals surface area contributed by atoms with Crippen LogP contribution >= 0.6 is 11.8 Å². The number of allylic oxidation sites excluding steroid dienone is 1. The van der Waals surface area contributed by atoms with Crippen LogP contribution in [0, 0.1) is 6.92 Å². The minimum Gasteiger partial charge on any atom is -0.497 e. The topological polar surface area (TPSA) is 78.3 Å². The van der Waals surface area contributed by atoms with Gasteiger partial charge in [-0.2, -0.15) is 0 Å². The second-order valence-electron chi connectivity index (χ2n) is 6.42. The number of aryl methyl sites for hydroxylation is 1. The molecule has 0 unspecified atom stereocenters. The number of nitrogens with one attached hydrogen (secondary N) is 1. The Labute approximate surface area is 180 Å². The molecule has 0 saturated heterocycles. The van der Waals surface area contributed by atoms with Crippen LogP contribution in [0.15, 0.2) is 66.3 Å². The third kappa shape index (κ3) is 5.64. The maximum absolute atomic E-state index is 12.3. The zero-order valence-electron chi connectivity index (χ0n) is 17.0. The van der Waals surface area contributed by atoms with Crippen LogP contribution in [-0.4, -0.2) is 33.5 Å². The number of anilines is 1. The molecule has 8 heteroatoms. The smallest absolute Gasteiger partial charge is 0.234 e. The lowest BCUT2D eigenvalue weighted by molar-refractivity contribution is -0.113. The molecule has 2 aromatic carbocycles. The van der Waals surface area contributed by atoms with Crippen molar-refractivity contribution in [2.75, 3.05) is 18.2 Å². The molecule has 1 heterocycles. The van der Waals surface area contributed by atoms with Crippen LogP contribution in [0.4, 0.5) is 5.69 Å². The SMILES string of the molecule is C=CCn1c(COc2ccccc2C)nnc1SCC(=O)Nc1cccc(OC)c1. The number of para-hydroxylation sites is 1. The van der Waals surface area contributed by atoms with E-state index < -0.39 is 0 Å². The highest BCUT2D eigenvalue weighted by Crippen LogP contribution is 2.22. The van der Waals surface area contributed by atoms with Crippen LogP contribution in [0.5, 0.6) is 11.5 Å². The Morgan fingerprint density at radius 1 is 1.23 bits per heavy atom. The first kappa shape index (κ1) is 21.4. The molecule has 0 aliphatic heterocycles. The first-order valence-corrected chi connectivity index (χ1v) is 10.4. The summed E-state index contributed by atoms with van der Waals surface area (Å²) in [7, 11) is 1.59. The standard InChI is InChI=1S/C22H24N4O3S/c1-4-12-26-20(14-29-19-11-6-5-8-16(19)2)24-25-22(26)30-15-21(27)23-17-9-7-10-18(13-17)28-3/h4-11,13H,1,12,14-15H2,2-3H3,(H,23,27). The monoisotopic (exact) mass is 424 g/mol. The molecular weight excluding hydrogens is 400 g/mol. The van der Waals surface area contributed by atoms with Crippen LogP contribution in [0.1, 0.15) is 11.4 Å². The van der Waals surface area contributed by atoms with Crippen molar-refractivity contribution < 1.29 is 14.3 Å². The Balaban J connectivity index is 1.62. The number of benzene rings is 2. The van der Waals surface area contributed by atoms with Gasteiger partial charge >= 0.3 is 0 Å². The predicted molar refractivity (Wildman–Crippen MR) is 118 cm³/mol. The first-order chi connectivity index (χ1) is 14.6. The van der Waals surface area contributed by atoms with E-state index in [0.29, 0.717) is 29.0 Å². The average molecular weight is 425 g/mol. The molecule has 0 saturated carbocycles. The van der Waals surface area contributed by atoms with Gasteiger partial charge in [-0.25, -0.2) is 0 Å². The molecule has 0 radical (unpaired) electrons. The van der Waals surface area contributed by atoms with E-state index in [4.69, 9.17) is 9.47 Å². The number of thioether (sulfide) groups is 1. The molecule has 7 nitrogen and oxygen atoms in total. The zero-order valence-corrected chi connectivity index (χ0v) is 17.8. The fourth-order valence-corrected chi connectivity index (χ4v) is 3.50. The number of hydrogen-bond acceptors (Lipinski definition) is 6. The summed E-state index contributed by atoms with van der Waals surface area (Å²) in [5, 5.41) is 12.0. The van der Waals surface area contributed by atoms with E-state index in [1.54, 1.807) is 19.3 Å². The molecule has 0 bridgehead atoms. The Morgan fingerprint density at radius 3 is 2.83 bits per heavy atom. The lowest BCUT2D eigenvalue weighted by Crippen LogP contribution is -2.15. The van der Waals surface area contributed by atoms with Crippen molar-refractivity contribution in [3.8, 4) is 11.5 Å². The summed E-state index contributed by atoms with van der Waals surface area (Å²) >= 11 is 1.31. The van der Waals surface area contributed by atoms with E-state index in [2.05, 4.69) is 22.1 Å². The van der Waals surface area contributed by atoms with Gasteiger partial charge in [0.1, 0.15) is 18.1 Å². The highest BCUT2D eigenvalue weighted by Gasteiger charge is 2.14. The van der Waals surface area contributed by atoms with Gasteiger partial charge in [0.2, 0.25) is 5.91 Å².